The summed E-state index contributed by atoms with van der Waals surface area (Å²) in [6.45, 7) is 0.984. The second-order valence-electron chi connectivity index (χ2n) is 3.53. The molecule has 0 aliphatic rings. The summed E-state index contributed by atoms with van der Waals surface area (Å²) in [5, 5.41) is 6.02. The smallest absolute Gasteiger partial charge is 0.0419 e. The van der Waals surface area contributed by atoms with E-state index < -0.39 is 0 Å². The van der Waals surface area contributed by atoms with Gasteiger partial charge in [-0.2, -0.15) is 12.6 Å². The van der Waals surface area contributed by atoms with Crippen LogP contribution in [0.3, 0.4) is 0 Å². The molecule has 0 aromatic heterocycles. The maximum Gasteiger partial charge on any atom is 0.0419 e. The molecule has 0 saturated heterocycles. The van der Waals surface area contributed by atoms with Gasteiger partial charge in [0.2, 0.25) is 0 Å². The molecular weight excluding hydrogens is 202 g/mol. The van der Waals surface area contributed by atoms with Gasteiger partial charge in [0.15, 0.2) is 0 Å². The summed E-state index contributed by atoms with van der Waals surface area (Å²) in [7, 11) is 0. The first-order valence-electron chi connectivity index (χ1n) is 5.24. The van der Waals surface area contributed by atoms with E-state index in [1.807, 2.05) is 0 Å². The Balaban J connectivity index is 2.26. The number of fused-ring (bicyclic) bond motifs is 1. The van der Waals surface area contributed by atoms with Gasteiger partial charge in [0.05, 0.1) is 0 Å². The number of anilines is 1. The van der Waals surface area contributed by atoms with Crippen LogP contribution in [0.2, 0.25) is 0 Å². The van der Waals surface area contributed by atoms with E-state index in [9.17, 15) is 0 Å². The van der Waals surface area contributed by atoms with Crippen LogP contribution in [-0.4, -0.2) is 12.3 Å². The summed E-state index contributed by atoms with van der Waals surface area (Å²) in [6.07, 6.45) is 1.09. The van der Waals surface area contributed by atoms with E-state index >= 15 is 0 Å². The Morgan fingerprint density at radius 3 is 2.67 bits per heavy atom. The van der Waals surface area contributed by atoms with Crippen LogP contribution in [0.15, 0.2) is 42.5 Å². The molecule has 0 heterocycles. The highest BCUT2D eigenvalue weighted by molar-refractivity contribution is 7.80. The van der Waals surface area contributed by atoms with Gasteiger partial charge in [0, 0.05) is 17.6 Å². The van der Waals surface area contributed by atoms with Gasteiger partial charge in [0.1, 0.15) is 0 Å². The van der Waals surface area contributed by atoms with Crippen molar-refractivity contribution in [1.29, 1.82) is 0 Å². The lowest BCUT2D eigenvalue weighted by Crippen LogP contribution is -2.02. The largest absolute Gasteiger partial charge is 0.385 e. The molecule has 2 aromatic carbocycles. The molecule has 78 valence electrons. The fourth-order valence-electron chi connectivity index (χ4n) is 1.68. The topological polar surface area (TPSA) is 12.0 Å². The zero-order chi connectivity index (χ0) is 10.5. The molecule has 1 N–H and O–H groups in total. The van der Waals surface area contributed by atoms with Crippen LogP contribution < -0.4 is 5.32 Å². The van der Waals surface area contributed by atoms with Crippen molar-refractivity contribution in [3.8, 4) is 0 Å². The highest BCUT2D eigenvalue weighted by Gasteiger charge is 1.97. The molecule has 2 aromatic rings. The minimum absolute atomic E-state index is 0.928. The average Bonchev–Trinajstić information content (AvgIpc) is 2.30. The van der Waals surface area contributed by atoms with Crippen molar-refractivity contribution in [2.24, 2.45) is 0 Å². The van der Waals surface area contributed by atoms with Crippen molar-refractivity contribution in [2.45, 2.75) is 6.42 Å². The monoisotopic (exact) mass is 217 g/mol. The molecule has 0 aliphatic carbocycles. The number of hydrogen-bond donors (Lipinski definition) is 2. The second-order valence-corrected chi connectivity index (χ2v) is 3.98. The summed E-state index contributed by atoms with van der Waals surface area (Å²) in [4.78, 5) is 0. The van der Waals surface area contributed by atoms with Gasteiger partial charge in [-0.25, -0.2) is 0 Å². The molecule has 0 unspecified atom stereocenters. The van der Waals surface area contributed by atoms with Crippen molar-refractivity contribution >= 4 is 29.1 Å². The molecule has 0 spiro atoms. The van der Waals surface area contributed by atoms with Crippen molar-refractivity contribution in [3.63, 3.8) is 0 Å². The molecule has 2 heteroatoms. The lowest BCUT2D eigenvalue weighted by atomic mass is 10.1. The summed E-state index contributed by atoms with van der Waals surface area (Å²) >= 11 is 4.20. The fraction of sp³-hybridized carbons (Fsp3) is 0.231. The summed E-state index contributed by atoms with van der Waals surface area (Å²) in [5.41, 5.74) is 1.22. The molecule has 15 heavy (non-hydrogen) atoms. The van der Waals surface area contributed by atoms with Crippen molar-refractivity contribution < 1.29 is 0 Å². The number of hydrogen-bond acceptors (Lipinski definition) is 2. The Morgan fingerprint density at radius 2 is 1.80 bits per heavy atom. The lowest BCUT2D eigenvalue weighted by molar-refractivity contribution is 0.997. The van der Waals surface area contributed by atoms with Gasteiger partial charge in [-0.3, -0.25) is 0 Å². The Labute approximate surface area is 95.9 Å². The molecular formula is C13H15NS. The van der Waals surface area contributed by atoms with Crippen LogP contribution >= 0.6 is 12.6 Å². The molecule has 0 saturated carbocycles. The quantitative estimate of drug-likeness (QED) is 0.589. The minimum atomic E-state index is 0.928. The van der Waals surface area contributed by atoms with E-state index in [2.05, 4.69) is 60.4 Å². The third-order valence-corrected chi connectivity index (χ3v) is 2.76. The summed E-state index contributed by atoms with van der Waals surface area (Å²) in [6, 6.07) is 14.8. The zero-order valence-corrected chi connectivity index (χ0v) is 9.50. The molecule has 0 aliphatic heterocycles. The van der Waals surface area contributed by atoms with E-state index in [1.54, 1.807) is 0 Å². The normalized spacial score (nSPS) is 10.5. The molecule has 2 rings (SSSR count). The molecule has 0 amide bonds. The third kappa shape index (κ3) is 2.45. The molecule has 0 fully saturated rings. The van der Waals surface area contributed by atoms with Crippen molar-refractivity contribution in [1.82, 2.24) is 0 Å². The summed E-state index contributed by atoms with van der Waals surface area (Å²) < 4.78 is 0. The highest BCUT2D eigenvalue weighted by atomic mass is 32.1. The predicted octanol–water partition coefficient (Wildman–Crippen LogP) is 3.57. The van der Waals surface area contributed by atoms with Crippen molar-refractivity contribution in [3.05, 3.63) is 42.5 Å². The SMILES string of the molecule is SCCCNc1cccc2ccccc12. The van der Waals surface area contributed by atoms with Crippen LogP contribution in [0, 0.1) is 0 Å². The molecule has 0 bridgehead atoms. The zero-order valence-electron chi connectivity index (χ0n) is 8.61. The van der Waals surface area contributed by atoms with Gasteiger partial charge < -0.3 is 5.32 Å². The van der Waals surface area contributed by atoms with Gasteiger partial charge >= 0.3 is 0 Å². The second kappa shape index (κ2) is 5.08. The van der Waals surface area contributed by atoms with Crippen LogP contribution in [0.25, 0.3) is 10.8 Å². The Morgan fingerprint density at radius 1 is 1.00 bits per heavy atom. The highest BCUT2D eigenvalue weighted by Crippen LogP contribution is 2.22. The third-order valence-electron chi connectivity index (χ3n) is 2.44. The first kappa shape index (κ1) is 10.4. The molecule has 0 atom stereocenters. The van der Waals surface area contributed by atoms with Crippen LogP contribution in [0.4, 0.5) is 5.69 Å². The van der Waals surface area contributed by atoms with Crippen LogP contribution in [0.5, 0.6) is 0 Å². The van der Waals surface area contributed by atoms with Crippen LogP contribution in [-0.2, 0) is 0 Å². The first-order chi connectivity index (χ1) is 7.42. The fourth-order valence-corrected chi connectivity index (χ4v) is 1.84. The van der Waals surface area contributed by atoms with Crippen LogP contribution in [0.1, 0.15) is 6.42 Å². The first-order valence-corrected chi connectivity index (χ1v) is 5.87. The molecule has 0 radical (unpaired) electrons. The number of rotatable bonds is 4. The molecule has 1 nitrogen and oxygen atoms in total. The number of benzene rings is 2. The maximum absolute atomic E-state index is 4.20. The van der Waals surface area contributed by atoms with E-state index in [0.29, 0.717) is 0 Å². The van der Waals surface area contributed by atoms with Gasteiger partial charge in [-0.05, 0) is 23.6 Å². The van der Waals surface area contributed by atoms with E-state index in [1.165, 1.54) is 16.5 Å². The van der Waals surface area contributed by atoms with Gasteiger partial charge in [-0.15, -0.1) is 0 Å². The Hall–Kier alpha value is -1.15. The Kier molecular flexibility index (Phi) is 3.51. The van der Waals surface area contributed by atoms with Gasteiger partial charge in [-0.1, -0.05) is 36.4 Å². The minimum Gasteiger partial charge on any atom is -0.385 e. The van der Waals surface area contributed by atoms with Crippen molar-refractivity contribution in [2.75, 3.05) is 17.6 Å². The van der Waals surface area contributed by atoms with E-state index in [4.69, 9.17) is 0 Å². The van der Waals surface area contributed by atoms with E-state index in [0.717, 1.165) is 18.7 Å². The lowest BCUT2D eigenvalue weighted by Gasteiger charge is -2.08. The average molecular weight is 217 g/mol. The Bertz CT molecular complexity index is 434. The predicted molar refractivity (Wildman–Crippen MR) is 70.9 cm³/mol. The number of nitrogens with one attached hydrogen (secondary N) is 1. The van der Waals surface area contributed by atoms with E-state index in [-0.39, 0.29) is 0 Å². The summed E-state index contributed by atoms with van der Waals surface area (Å²) in [5.74, 6) is 0.928. The maximum atomic E-state index is 4.20. The van der Waals surface area contributed by atoms with Gasteiger partial charge in [0.25, 0.3) is 0 Å². The standard InChI is InChI=1S/C13H15NS/c15-10-4-9-14-13-8-3-6-11-5-1-2-7-12(11)13/h1-3,5-8,14-15H,4,9-10H2. The number of thiol groups is 1.